The topological polar surface area (TPSA) is 20.2 Å². The van der Waals surface area contributed by atoms with Crippen molar-refractivity contribution in [1.82, 2.24) is 0 Å². The third-order valence-corrected chi connectivity index (χ3v) is 3.48. The molecule has 0 bridgehead atoms. The molecule has 0 aromatic rings. The Morgan fingerprint density at radius 1 is 1.08 bits per heavy atom. The van der Waals surface area contributed by atoms with Gasteiger partial charge in [0.2, 0.25) is 0 Å². The summed E-state index contributed by atoms with van der Waals surface area (Å²) in [5.41, 5.74) is -0.434. The third-order valence-electron chi connectivity index (χ3n) is 3.48. The van der Waals surface area contributed by atoms with Crippen molar-refractivity contribution in [2.45, 2.75) is 65.9 Å². The minimum Gasteiger partial charge on any atom is -0.390 e. The van der Waals surface area contributed by atoms with E-state index in [1.807, 2.05) is 0 Å². The predicted octanol–water partition coefficient (Wildman–Crippen LogP) is 3.61. The maximum atomic E-state index is 10.3. The van der Waals surface area contributed by atoms with Crippen molar-refractivity contribution in [2.24, 2.45) is 11.8 Å². The molecule has 13 heavy (non-hydrogen) atoms. The Bertz CT molecular complexity index is 127. The van der Waals surface area contributed by atoms with Gasteiger partial charge in [-0.3, -0.25) is 0 Å². The number of hydrogen-bond donors (Lipinski definition) is 1. The number of rotatable bonds is 6. The second-order valence-corrected chi connectivity index (χ2v) is 4.50. The Morgan fingerprint density at radius 2 is 1.54 bits per heavy atom. The highest BCUT2D eigenvalue weighted by Crippen LogP contribution is 2.31. The maximum Gasteiger partial charge on any atom is 0.0670 e. The molecule has 0 spiro atoms. The van der Waals surface area contributed by atoms with Crippen LogP contribution in [0.3, 0.4) is 0 Å². The summed E-state index contributed by atoms with van der Waals surface area (Å²) in [6.45, 7) is 10.7. The lowest BCUT2D eigenvalue weighted by atomic mass is 9.78. The van der Waals surface area contributed by atoms with Crippen LogP contribution in [0.1, 0.15) is 60.3 Å². The van der Waals surface area contributed by atoms with Gasteiger partial charge in [0.25, 0.3) is 0 Å². The molecule has 0 saturated carbocycles. The first-order valence-electron chi connectivity index (χ1n) is 5.72. The highest BCUT2D eigenvalue weighted by atomic mass is 16.3. The van der Waals surface area contributed by atoms with Crippen molar-refractivity contribution in [1.29, 1.82) is 0 Å². The molecule has 1 unspecified atom stereocenters. The maximum absolute atomic E-state index is 10.3. The molecule has 0 aliphatic rings. The van der Waals surface area contributed by atoms with Crippen LogP contribution >= 0.6 is 0 Å². The van der Waals surface area contributed by atoms with Gasteiger partial charge in [0, 0.05) is 0 Å². The predicted molar refractivity (Wildman–Crippen MR) is 58.8 cm³/mol. The van der Waals surface area contributed by atoms with Gasteiger partial charge in [0.15, 0.2) is 0 Å². The highest BCUT2D eigenvalue weighted by molar-refractivity contribution is 4.82. The molecule has 0 aliphatic carbocycles. The molecule has 0 aromatic carbocycles. The molecule has 1 heteroatoms. The summed E-state index contributed by atoms with van der Waals surface area (Å²) in [5, 5.41) is 10.3. The van der Waals surface area contributed by atoms with Crippen molar-refractivity contribution >= 4 is 0 Å². The summed E-state index contributed by atoms with van der Waals surface area (Å²) in [6.07, 6.45) is 4.21. The summed E-state index contributed by atoms with van der Waals surface area (Å²) in [4.78, 5) is 0. The molecule has 0 aliphatic heterocycles. The number of aliphatic hydroxyl groups is 1. The lowest BCUT2D eigenvalue weighted by Crippen LogP contribution is -2.36. The number of hydrogen-bond acceptors (Lipinski definition) is 1. The molecule has 0 saturated heterocycles. The van der Waals surface area contributed by atoms with E-state index in [1.54, 1.807) is 0 Å². The van der Waals surface area contributed by atoms with E-state index in [9.17, 15) is 5.11 Å². The van der Waals surface area contributed by atoms with Gasteiger partial charge in [-0.2, -0.15) is 0 Å². The van der Waals surface area contributed by atoms with Gasteiger partial charge in [-0.25, -0.2) is 0 Å². The first kappa shape index (κ1) is 13.0. The van der Waals surface area contributed by atoms with E-state index in [2.05, 4.69) is 34.6 Å². The van der Waals surface area contributed by atoms with E-state index in [-0.39, 0.29) is 0 Å². The van der Waals surface area contributed by atoms with E-state index >= 15 is 0 Å². The SMILES string of the molecule is CCC(CC)CC(O)(CC)C(C)C. The first-order chi connectivity index (χ1) is 6.00. The third kappa shape index (κ3) is 3.68. The second-order valence-electron chi connectivity index (χ2n) is 4.50. The monoisotopic (exact) mass is 186 g/mol. The molecule has 0 aromatic heterocycles. The van der Waals surface area contributed by atoms with Crippen molar-refractivity contribution in [3.8, 4) is 0 Å². The molecule has 1 nitrogen and oxygen atoms in total. The smallest absolute Gasteiger partial charge is 0.0670 e. The lowest BCUT2D eigenvalue weighted by Gasteiger charge is -2.34. The summed E-state index contributed by atoms with van der Waals surface area (Å²) in [7, 11) is 0. The first-order valence-corrected chi connectivity index (χ1v) is 5.72. The van der Waals surface area contributed by atoms with E-state index in [0.29, 0.717) is 11.8 Å². The van der Waals surface area contributed by atoms with Gasteiger partial charge in [-0.1, -0.05) is 47.5 Å². The van der Waals surface area contributed by atoms with Crippen molar-refractivity contribution < 1.29 is 5.11 Å². The molecular formula is C12H26O. The van der Waals surface area contributed by atoms with Crippen LogP contribution < -0.4 is 0 Å². The van der Waals surface area contributed by atoms with Crippen LogP contribution in [0.15, 0.2) is 0 Å². The minimum atomic E-state index is -0.434. The van der Waals surface area contributed by atoms with Gasteiger partial charge in [-0.15, -0.1) is 0 Å². The van der Waals surface area contributed by atoms with E-state index in [1.165, 1.54) is 12.8 Å². The largest absolute Gasteiger partial charge is 0.390 e. The molecule has 0 rings (SSSR count). The summed E-state index contributed by atoms with van der Waals surface area (Å²) in [5.74, 6) is 1.06. The zero-order chi connectivity index (χ0) is 10.5. The van der Waals surface area contributed by atoms with Crippen LogP contribution in [0.2, 0.25) is 0 Å². The van der Waals surface area contributed by atoms with E-state index in [4.69, 9.17) is 0 Å². The Labute approximate surface area is 83.5 Å². The summed E-state index contributed by atoms with van der Waals surface area (Å²) < 4.78 is 0. The molecule has 0 radical (unpaired) electrons. The van der Waals surface area contributed by atoms with Crippen molar-refractivity contribution in [3.05, 3.63) is 0 Å². The van der Waals surface area contributed by atoms with Crippen molar-refractivity contribution in [3.63, 3.8) is 0 Å². The average Bonchev–Trinajstić information content (AvgIpc) is 2.13. The molecule has 1 atom stereocenters. The van der Waals surface area contributed by atoms with E-state index < -0.39 is 5.60 Å². The molecular weight excluding hydrogens is 160 g/mol. The van der Waals surface area contributed by atoms with Gasteiger partial charge in [0.1, 0.15) is 0 Å². The van der Waals surface area contributed by atoms with Gasteiger partial charge < -0.3 is 5.11 Å². The standard InChI is InChI=1S/C12H26O/c1-6-11(7-2)9-12(13,8-3)10(4)5/h10-11,13H,6-9H2,1-5H3. The second kappa shape index (κ2) is 5.64. The molecule has 0 fully saturated rings. The zero-order valence-electron chi connectivity index (χ0n) is 9.93. The zero-order valence-corrected chi connectivity index (χ0v) is 9.93. The quantitative estimate of drug-likeness (QED) is 0.672. The fourth-order valence-corrected chi connectivity index (χ4v) is 1.87. The van der Waals surface area contributed by atoms with Gasteiger partial charge in [0.05, 0.1) is 5.60 Å². The molecule has 80 valence electrons. The Morgan fingerprint density at radius 3 is 1.77 bits per heavy atom. The van der Waals surface area contributed by atoms with Crippen LogP contribution in [-0.4, -0.2) is 10.7 Å². The van der Waals surface area contributed by atoms with E-state index in [0.717, 1.165) is 12.8 Å². The van der Waals surface area contributed by atoms with Gasteiger partial charge in [-0.05, 0) is 24.7 Å². The summed E-state index contributed by atoms with van der Waals surface area (Å²) >= 11 is 0. The van der Waals surface area contributed by atoms with Crippen molar-refractivity contribution in [2.75, 3.05) is 0 Å². The summed E-state index contributed by atoms with van der Waals surface area (Å²) in [6, 6.07) is 0. The fraction of sp³-hybridized carbons (Fsp3) is 1.00. The Hall–Kier alpha value is -0.0400. The highest BCUT2D eigenvalue weighted by Gasteiger charge is 2.30. The minimum absolute atomic E-state index is 0.373. The Kier molecular flexibility index (Phi) is 5.62. The normalized spacial score (nSPS) is 16.6. The van der Waals surface area contributed by atoms with Crippen LogP contribution in [0.5, 0.6) is 0 Å². The lowest BCUT2D eigenvalue weighted by molar-refractivity contribution is -0.0310. The van der Waals surface area contributed by atoms with Crippen LogP contribution in [-0.2, 0) is 0 Å². The molecule has 0 amide bonds. The molecule has 0 heterocycles. The van der Waals surface area contributed by atoms with Crippen LogP contribution in [0, 0.1) is 11.8 Å². The average molecular weight is 186 g/mol. The fourth-order valence-electron chi connectivity index (χ4n) is 1.87. The molecule has 1 N–H and O–H groups in total. The Balaban J connectivity index is 4.24. The van der Waals surface area contributed by atoms with Crippen LogP contribution in [0.4, 0.5) is 0 Å². The van der Waals surface area contributed by atoms with Gasteiger partial charge >= 0.3 is 0 Å². The van der Waals surface area contributed by atoms with Crippen LogP contribution in [0.25, 0.3) is 0 Å².